The molecule has 1 aliphatic carbocycles. The number of benzene rings is 1. The van der Waals surface area contributed by atoms with E-state index in [4.69, 9.17) is 4.74 Å². The Morgan fingerprint density at radius 2 is 2.00 bits per heavy atom. The molecule has 3 rings (SSSR count). The molecule has 1 heterocycles. The van der Waals surface area contributed by atoms with Crippen LogP contribution in [0, 0.1) is 0 Å². The number of hydrogen-bond donors (Lipinski definition) is 3. The summed E-state index contributed by atoms with van der Waals surface area (Å²) in [6.07, 6.45) is 5.55. The van der Waals surface area contributed by atoms with Crippen LogP contribution in [0.3, 0.4) is 0 Å². The molecular formula is C22H28N4O4S. The minimum Gasteiger partial charge on any atom is -0.497 e. The van der Waals surface area contributed by atoms with Crippen molar-refractivity contribution in [2.24, 2.45) is 0 Å². The van der Waals surface area contributed by atoms with Crippen LogP contribution in [0.1, 0.15) is 43.4 Å². The van der Waals surface area contributed by atoms with E-state index in [1.165, 1.54) is 12.5 Å². The van der Waals surface area contributed by atoms with Crippen molar-refractivity contribution >= 4 is 23.6 Å². The summed E-state index contributed by atoms with van der Waals surface area (Å²) >= 11 is 1.16. The molecule has 0 saturated heterocycles. The fourth-order valence-corrected chi connectivity index (χ4v) is 4.21. The van der Waals surface area contributed by atoms with Crippen molar-refractivity contribution in [1.29, 1.82) is 0 Å². The summed E-state index contributed by atoms with van der Waals surface area (Å²) < 4.78 is 5.17. The lowest BCUT2D eigenvalue weighted by Gasteiger charge is -2.22. The molecule has 0 aliphatic heterocycles. The Morgan fingerprint density at radius 3 is 2.77 bits per heavy atom. The Hall–Kier alpha value is -2.81. The summed E-state index contributed by atoms with van der Waals surface area (Å²) in [7, 11) is 1.59. The molecule has 0 atom stereocenters. The molecule has 0 radical (unpaired) electrons. The largest absolute Gasteiger partial charge is 0.497 e. The van der Waals surface area contributed by atoms with Crippen LogP contribution in [-0.4, -0.2) is 40.7 Å². The lowest BCUT2D eigenvalue weighted by atomic mass is 9.95. The smallest absolute Gasteiger partial charge is 0.251 e. The van der Waals surface area contributed by atoms with Gasteiger partial charge in [-0.15, -0.1) is 0 Å². The van der Waals surface area contributed by atoms with Crippen molar-refractivity contribution in [2.75, 3.05) is 12.9 Å². The third-order valence-electron chi connectivity index (χ3n) is 5.05. The van der Waals surface area contributed by atoms with Gasteiger partial charge in [-0.3, -0.25) is 14.4 Å². The van der Waals surface area contributed by atoms with E-state index in [2.05, 4.69) is 20.6 Å². The van der Waals surface area contributed by atoms with E-state index in [9.17, 15) is 14.4 Å². The molecule has 0 unspecified atom stereocenters. The zero-order chi connectivity index (χ0) is 22.1. The molecule has 2 aromatic rings. The van der Waals surface area contributed by atoms with Crippen LogP contribution in [0.2, 0.25) is 0 Å². The normalized spacial score (nSPS) is 14.1. The van der Waals surface area contributed by atoms with Crippen molar-refractivity contribution in [3.63, 3.8) is 0 Å². The first-order valence-corrected chi connectivity index (χ1v) is 11.4. The number of thioether (sulfide) groups is 1. The van der Waals surface area contributed by atoms with Crippen molar-refractivity contribution in [3.8, 4) is 5.75 Å². The third kappa shape index (κ3) is 7.75. The maximum atomic E-state index is 12.3. The average molecular weight is 445 g/mol. The first kappa shape index (κ1) is 22.9. The van der Waals surface area contributed by atoms with Gasteiger partial charge >= 0.3 is 0 Å². The number of hydrogen-bond acceptors (Lipinski definition) is 6. The van der Waals surface area contributed by atoms with Gasteiger partial charge in [-0.1, -0.05) is 43.2 Å². The number of ether oxygens (including phenoxy) is 1. The van der Waals surface area contributed by atoms with Crippen LogP contribution in [0.4, 0.5) is 0 Å². The minimum atomic E-state index is -0.346. The monoisotopic (exact) mass is 444 g/mol. The Bertz CT molecular complexity index is 957. The Morgan fingerprint density at radius 1 is 1.19 bits per heavy atom. The number of carbonyl (C=O) groups excluding carboxylic acids is 2. The standard InChI is InChI=1S/C22H28N4O4S/c1-30-18-9-5-6-15(10-18)13-23-19(27)11-17-12-20(28)26-22(25-17)31-14-21(29)24-16-7-3-2-4-8-16/h5-6,9-10,12,16H,2-4,7-8,11,13-14H2,1H3,(H,23,27)(H,24,29)(H,25,26,28). The van der Waals surface area contributed by atoms with E-state index >= 15 is 0 Å². The van der Waals surface area contributed by atoms with Gasteiger partial charge in [0.1, 0.15) is 5.75 Å². The topological polar surface area (TPSA) is 113 Å². The molecule has 1 aromatic carbocycles. The second-order valence-corrected chi connectivity index (χ2v) is 8.50. The van der Waals surface area contributed by atoms with E-state index < -0.39 is 0 Å². The molecule has 1 fully saturated rings. The number of aromatic nitrogens is 2. The Balaban J connectivity index is 1.49. The van der Waals surface area contributed by atoms with Gasteiger partial charge < -0.3 is 20.4 Å². The van der Waals surface area contributed by atoms with Crippen molar-refractivity contribution < 1.29 is 14.3 Å². The molecule has 8 nitrogen and oxygen atoms in total. The number of nitrogens with one attached hydrogen (secondary N) is 3. The summed E-state index contributed by atoms with van der Waals surface area (Å²) in [5.41, 5.74) is 0.926. The highest BCUT2D eigenvalue weighted by atomic mass is 32.2. The molecule has 9 heteroatoms. The maximum absolute atomic E-state index is 12.3. The van der Waals surface area contributed by atoms with Gasteiger partial charge in [0.15, 0.2) is 5.16 Å². The molecule has 3 N–H and O–H groups in total. The second kappa shape index (κ2) is 11.5. The van der Waals surface area contributed by atoms with Crippen LogP contribution in [0.5, 0.6) is 5.75 Å². The predicted octanol–water partition coefficient (Wildman–Crippen LogP) is 2.18. The highest BCUT2D eigenvalue weighted by molar-refractivity contribution is 7.99. The molecular weight excluding hydrogens is 416 g/mol. The Kier molecular flexibility index (Phi) is 8.52. The first-order chi connectivity index (χ1) is 15.0. The lowest BCUT2D eigenvalue weighted by molar-refractivity contribution is -0.121. The molecule has 1 saturated carbocycles. The molecule has 1 aromatic heterocycles. The number of aromatic amines is 1. The quantitative estimate of drug-likeness (QED) is 0.404. The molecule has 166 valence electrons. The zero-order valence-corrected chi connectivity index (χ0v) is 18.4. The summed E-state index contributed by atoms with van der Waals surface area (Å²) in [6.45, 7) is 0.349. The van der Waals surface area contributed by atoms with E-state index in [1.807, 2.05) is 24.3 Å². The van der Waals surface area contributed by atoms with Gasteiger partial charge in [0, 0.05) is 18.7 Å². The van der Waals surface area contributed by atoms with Crippen molar-refractivity contribution in [2.45, 2.75) is 56.3 Å². The molecule has 0 spiro atoms. The fraction of sp³-hybridized carbons (Fsp3) is 0.455. The molecule has 31 heavy (non-hydrogen) atoms. The average Bonchev–Trinajstić information content (AvgIpc) is 2.77. The van der Waals surface area contributed by atoms with Crippen LogP contribution in [0.15, 0.2) is 40.3 Å². The van der Waals surface area contributed by atoms with Gasteiger partial charge in [-0.05, 0) is 30.5 Å². The van der Waals surface area contributed by atoms with E-state index in [1.54, 1.807) is 7.11 Å². The fourth-order valence-electron chi connectivity index (χ4n) is 3.50. The number of H-pyrrole nitrogens is 1. The first-order valence-electron chi connectivity index (χ1n) is 10.4. The second-order valence-electron chi connectivity index (χ2n) is 7.54. The maximum Gasteiger partial charge on any atom is 0.251 e. The van der Waals surface area contributed by atoms with Crippen LogP contribution >= 0.6 is 11.8 Å². The van der Waals surface area contributed by atoms with E-state index in [0.717, 1.165) is 48.8 Å². The van der Waals surface area contributed by atoms with Crippen LogP contribution in [0.25, 0.3) is 0 Å². The summed E-state index contributed by atoms with van der Waals surface area (Å²) in [5, 5.41) is 6.19. The van der Waals surface area contributed by atoms with E-state index in [0.29, 0.717) is 17.4 Å². The number of nitrogens with zero attached hydrogens (tertiary/aromatic N) is 1. The van der Waals surface area contributed by atoms with Crippen molar-refractivity contribution in [1.82, 2.24) is 20.6 Å². The molecule has 0 bridgehead atoms. The zero-order valence-electron chi connectivity index (χ0n) is 17.6. The van der Waals surface area contributed by atoms with Gasteiger partial charge in [0.2, 0.25) is 11.8 Å². The predicted molar refractivity (Wildman–Crippen MR) is 119 cm³/mol. The highest BCUT2D eigenvalue weighted by Gasteiger charge is 2.16. The van der Waals surface area contributed by atoms with Crippen molar-refractivity contribution in [3.05, 3.63) is 51.9 Å². The third-order valence-corrected chi connectivity index (χ3v) is 5.92. The summed E-state index contributed by atoms with van der Waals surface area (Å²) in [6, 6.07) is 8.97. The minimum absolute atomic E-state index is 0.0181. The summed E-state index contributed by atoms with van der Waals surface area (Å²) in [5.74, 6) is 0.579. The van der Waals surface area contributed by atoms with Gasteiger partial charge in [0.05, 0.1) is 25.0 Å². The van der Waals surface area contributed by atoms with E-state index in [-0.39, 0.29) is 35.6 Å². The van der Waals surface area contributed by atoms with Gasteiger partial charge in [-0.25, -0.2) is 4.98 Å². The van der Waals surface area contributed by atoms with Gasteiger partial charge in [0.25, 0.3) is 5.56 Å². The number of methoxy groups -OCH3 is 1. The molecule has 1 aliphatic rings. The number of rotatable bonds is 9. The number of amides is 2. The number of carbonyl (C=O) groups is 2. The molecule has 2 amide bonds. The lowest BCUT2D eigenvalue weighted by Crippen LogP contribution is -2.37. The SMILES string of the molecule is COc1cccc(CNC(=O)Cc2cc(=O)[nH]c(SCC(=O)NC3CCCCC3)n2)c1. The van der Waals surface area contributed by atoms with Crippen LogP contribution < -0.4 is 20.9 Å². The van der Waals surface area contributed by atoms with Gasteiger partial charge in [-0.2, -0.15) is 0 Å². The van der Waals surface area contributed by atoms with Crippen LogP contribution in [-0.2, 0) is 22.6 Å². The highest BCUT2D eigenvalue weighted by Crippen LogP contribution is 2.18. The Labute approximate surface area is 185 Å². The summed E-state index contributed by atoms with van der Waals surface area (Å²) in [4.78, 5) is 43.3.